The second-order valence-electron chi connectivity index (χ2n) is 3.87. The molecule has 0 bridgehead atoms. The Morgan fingerprint density at radius 1 is 1.47 bits per heavy atom. The molecule has 1 saturated heterocycles. The van der Waals surface area contributed by atoms with Crippen LogP contribution in [0.25, 0.3) is 11.1 Å². The van der Waals surface area contributed by atoms with Crippen molar-refractivity contribution in [2.45, 2.75) is 6.04 Å². The molecule has 1 atom stereocenters. The average Bonchev–Trinajstić information content (AvgIpc) is 2.74. The van der Waals surface area contributed by atoms with E-state index in [-0.39, 0.29) is 11.1 Å². The summed E-state index contributed by atoms with van der Waals surface area (Å²) < 4.78 is 24.0. The number of oxazole rings is 1. The van der Waals surface area contributed by atoms with Gasteiger partial charge in [0.2, 0.25) is 5.89 Å². The minimum Gasteiger partial charge on any atom is -0.439 e. The first-order chi connectivity index (χ1) is 8.24. The van der Waals surface area contributed by atoms with Crippen molar-refractivity contribution in [2.75, 3.05) is 19.8 Å². The summed E-state index contributed by atoms with van der Waals surface area (Å²) in [6.45, 7) is 1.93. The van der Waals surface area contributed by atoms with Crippen LogP contribution < -0.4 is 5.32 Å². The Morgan fingerprint density at radius 3 is 3.12 bits per heavy atom. The maximum absolute atomic E-state index is 13.2. The molecule has 0 saturated carbocycles. The fourth-order valence-electron chi connectivity index (χ4n) is 1.81. The lowest BCUT2D eigenvalue weighted by Crippen LogP contribution is -2.34. The highest BCUT2D eigenvalue weighted by Crippen LogP contribution is 2.26. The summed E-state index contributed by atoms with van der Waals surface area (Å²) in [7, 11) is 0. The summed E-state index contributed by atoms with van der Waals surface area (Å²) in [6.07, 6.45) is 0. The van der Waals surface area contributed by atoms with Gasteiger partial charge in [-0.2, -0.15) is 0 Å². The number of fused-ring (bicyclic) bond motifs is 1. The van der Waals surface area contributed by atoms with Crippen LogP contribution in [-0.4, -0.2) is 24.7 Å². The van der Waals surface area contributed by atoms with Crippen molar-refractivity contribution >= 4 is 22.7 Å². The zero-order valence-corrected chi connectivity index (χ0v) is 9.63. The van der Waals surface area contributed by atoms with Gasteiger partial charge in [0.25, 0.3) is 0 Å². The molecule has 4 nitrogen and oxygen atoms in total. The largest absolute Gasteiger partial charge is 0.439 e. The third-order valence-electron chi connectivity index (χ3n) is 2.67. The number of hydrogen-bond donors (Lipinski definition) is 1. The monoisotopic (exact) mass is 256 g/mol. The number of nitrogens with one attached hydrogen (secondary N) is 1. The second kappa shape index (κ2) is 4.25. The summed E-state index contributed by atoms with van der Waals surface area (Å²) in [4.78, 5) is 4.28. The van der Waals surface area contributed by atoms with Crippen LogP contribution in [0.3, 0.4) is 0 Å². The number of rotatable bonds is 1. The van der Waals surface area contributed by atoms with Crippen LogP contribution in [0.2, 0.25) is 5.02 Å². The smallest absolute Gasteiger partial charge is 0.215 e. The van der Waals surface area contributed by atoms with E-state index >= 15 is 0 Å². The number of benzene rings is 1. The van der Waals surface area contributed by atoms with E-state index in [1.165, 1.54) is 12.1 Å². The number of nitrogens with zero attached hydrogens (tertiary/aromatic N) is 1. The van der Waals surface area contributed by atoms with Crippen LogP contribution >= 0.6 is 11.6 Å². The molecule has 1 aliphatic rings. The van der Waals surface area contributed by atoms with Crippen LogP contribution in [-0.2, 0) is 4.74 Å². The Labute approximate surface area is 102 Å². The Balaban J connectivity index is 2.00. The van der Waals surface area contributed by atoms with E-state index in [2.05, 4.69) is 10.3 Å². The van der Waals surface area contributed by atoms with Gasteiger partial charge < -0.3 is 14.5 Å². The predicted molar refractivity (Wildman–Crippen MR) is 60.5 cm³/mol. The summed E-state index contributed by atoms with van der Waals surface area (Å²) in [6, 6.07) is 2.62. The number of halogens is 2. The van der Waals surface area contributed by atoms with Gasteiger partial charge in [-0.1, -0.05) is 11.6 Å². The van der Waals surface area contributed by atoms with Crippen LogP contribution in [0.5, 0.6) is 0 Å². The fourth-order valence-corrected chi connectivity index (χ4v) is 1.97. The van der Waals surface area contributed by atoms with Gasteiger partial charge in [-0.3, -0.25) is 0 Å². The van der Waals surface area contributed by atoms with Crippen LogP contribution in [0, 0.1) is 5.82 Å². The molecule has 2 heterocycles. The quantitative estimate of drug-likeness (QED) is 0.850. The Morgan fingerprint density at radius 2 is 2.35 bits per heavy atom. The maximum Gasteiger partial charge on any atom is 0.215 e. The summed E-state index contributed by atoms with van der Waals surface area (Å²) in [5.41, 5.74) is 0.952. The minimum absolute atomic E-state index is 0.0465. The van der Waals surface area contributed by atoms with E-state index < -0.39 is 5.82 Å². The van der Waals surface area contributed by atoms with E-state index in [4.69, 9.17) is 20.8 Å². The lowest BCUT2D eigenvalue weighted by molar-refractivity contribution is 0.0687. The Bertz CT molecular complexity index is 513. The summed E-state index contributed by atoms with van der Waals surface area (Å²) in [5, 5.41) is 3.26. The van der Waals surface area contributed by atoms with Crippen LogP contribution in [0.4, 0.5) is 4.39 Å². The van der Waals surface area contributed by atoms with Crippen molar-refractivity contribution in [3.63, 3.8) is 0 Å². The van der Waals surface area contributed by atoms with Gasteiger partial charge in [0.15, 0.2) is 5.58 Å². The molecule has 90 valence electrons. The molecule has 1 aliphatic heterocycles. The molecule has 2 aromatic rings. The Kier molecular flexibility index (Phi) is 2.74. The minimum atomic E-state index is -0.505. The highest BCUT2D eigenvalue weighted by molar-refractivity contribution is 6.31. The molecule has 0 amide bonds. The zero-order valence-electron chi connectivity index (χ0n) is 8.87. The molecular weight excluding hydrogens is 247 g/mol. The normalized spacial score (nSPS) is 20.9. The number of ether oxygens (including phenoxy) is 1. The first-order valence-corrected chi connectivity index (χ1v) is 5.68. The average molecular weight is 257 g/mol. The number of morpholine rings is 1. The molecule has 0 radical (unpaired) electrons. The molecular formula is C11H10ClFN2O2. The van der Waals surface area contributed by atoms with Gasteiger partial charge in [0.05, 0.1) is 18.2 Å². The number of hydrogen-bond acceptors (Lipinski definition) is 4. The molecule has 17 heavy (non-hydrogen) atoms. The first-order valence-electron chi connectivity index (χ1n) is 5.30. The van der Waals surface area contributed by atoms with Crippen molar-refractivity contribution in [2.24, 2.45) is 0 Å². The molecule has 3 rings (SSSR count). The third kappa shape index (κ3) is 2.01. The number of aromatic nitrogens is 1. The lowest BCUT2D eigenvalue weighted by Gasteiger charge is -2.20. The zero-order chi connectivity index (χ0) is 11.8. The van der Waals surface area contributed by atoms with Crippen molar-refractivity contribution in [1.82, 2.24) is 10.3 Å². The first kappa shape index (κ1) is 11.0. The standard InChI is InChI=1S/C11H10ClFN2O2/c12-6-3-8-10(4-7(6)13)17-11(15-8)9-5-16-2-1-14-9/h3-4,9,14H,1-2,5H2. The molecule has 1 fully saturated rings. The molecule has 6 heteroatoms. The molecule has 1 aromatic heterocycles. The molecule has 0 aliphatic carbocycles. The van der Waals surface area contributed by atoms with E-state index in [1.54, 1.807) is 0 Å². The predicted octanol–water partition coefficient (Wildman–Crippen LogP) is 2.28. The third-order valence-corrected chi connectivity index (χ3v) is 2.96. The summed E-state index contributed by atoms with van der Waals surface area (Å²) in [5.74, 6) is -0.00362. The van der Waals surface area contributed by atoms with Gasteiger partial charge in [-0.05, 0) is 6.07 Å². The molecule has 1 aromatic carbocycles. The highest BCUT2D eigenvalue weighted by Gasteiger charge is 2.21. The SMILES string of the molecule is Fc1cc2oc(C3COCCN3)nc2cc1Cl. The topological polar surface area (TPSA) is 47.3 Å². The fraction of sp³-hybridized carbons (Fsp3) is 0.364. The van der Waals surface area contributed by atoms with E-state index in [0.717, 1.165) is 6.54 Å². The van der Waals surface area contributed by atoms with E-state index in [0.29, 0.717) is 30.2 Å². The van der Waals surface area contributed by atoms with Crippen molar-refractivity contribution in [1.29, 1.82) is 0 Å². The van der Waals surface area contributed by atoms with Gasteiger partial charge in [0.1, 0.15) is 17.4 Å². The van der Waals surface area contributed by atoms with Gasteiger partial charge in [-0.25, -0.2) is 9.37 Å². The maximum atomic E-state index is 13.2. The van der Waals surface area contributed by atoms with Gasteiger partial charge in [-0.15, -0.1) is 0 Å². The van der Waals surface area contributed by atoms with Crippen molar-refractivity contribution in [3.05, 3.63) is 28.9 Å². The van der Waals surface area contributed by atoms with Crippen LogP contribution in [0.1, 0.15) is 11.9 Å². The van der Waals surface area contributed by atoms with E-state index in [1.807, 2.05) is 0 Å². The van der Waals surface area contributed by atoms with Crippen molar-refractivity contribution in [3.8, 4) is 0 Å². The summed E-state index contributed by atoms with van der Waals surface area (Å²) >= 11 is 5.69. The van der Waals surface area contributed by atoms with Crippen LogP contribution in [0.15, 0.2) is 16.5 Å². The van der Waals surface area contributed by atoms with Gasteiger partial charge >= 0.3 is 0 Å². The van der Waals surface area contributed by atoms with E-state index in [9.17, 15) is 4.39 Å². The van der Waals surface area contributed by atoms with Crippen molar-refractivity contribution < 1.29 is 13.5 Å². The lowest BCUT2D eigenvalue weighted by atomic mass is 10.3. The Hall–Kier alpha value is -1.17. The highest BCUT2D eigenvalue weighted by atomic mass is 35.5. The molecule has 1 unspecified atom stereocenters. The molecule has 0 spiro atoms. The second-order valence-corrected chi connectivity index (χ2v) is 4.27. The van der Waals surface area contributed by atoms with Gasteiger partial charge in [0, 0.05) is 12.6 Å². The molecule has 1 N–H and O–H groups in total.